The minimum absolute atomic E-state index is 0.382. The molecule has 2 N–H and O–H groups in total. The number of aromatic hydroxyl groups is 1. The zero-order chi connectivity index (χ0) is 13.8. The highest BCUT2D eigenvalue weighted by atomic mass is 16.3. The van der Waals surface area contributed by atoms with Crippen LogP contribution in [-0.4, -0.2) is 11.1 Å². The Bertz CT molecular complexity index is 565. The van der Waals surface area contributed by atoms with Crippen LogP contribution in [0.3, 0.4) is 0 Å². The van der Waals surface area contributed by atoms with Crippen molar-refractivity contribution in [1.82, 2.24) is 5.32 Å². The molecule has 2 aromatic rings. The summed E-state index contributed by atoms with van der Waals surface area (Å²) < 4.78 is 0. The van der Waals surface area contributed by atoms with E-state index in [1.54, 1.807) is 6.07 Å². The fourth-order valence-corrected chi connectivity index (χ4v) is 2.98. The smallest absolute Gasteiger partial charge is 0.115 e. The van der Waals surface area contributed by atoms with Crippen molar-refractivity contribution in [1.29, 1.82) is 0 Å². The molecule has 0 radical (unpaired) electrons. The third-order valence-electron chi connectivity index (χ3n) is 4.09. The van der Waals surface area contributed by atoms with Gasteiger partial charge in [0.25, 0.3) is 0 Å². The lowest BCUT2D eigenvalue weighted by molar-refractivity contribution is 0.467. The Morgan fingerprint density at radius 3 is 2.75 bits per heavy atom. The first-order valence-electron chi connectivity index (χ1n) is 7.39. The van der Waals surface area contributed by atoms with Gasteiger partial charge in [0.1, 0.15) is 5.75 Å². The fraction of sp³-hybridized carbons (Fsp3) is 0.333. The predicted octanol–water partition coefficient (Wildman–Crippen LogP) is 3.43. The molecule has 104 valence electrons. The summed E-state index contributed by atoms with van der Waals surface area (Å²) >= 11 is 0. The van der Waals surface area contributed by atoms with Crippen molar-refractivity contribution in [3.63, 3.8) is 0 Å². The second-order valence-electron chi connectivity index (χ2n) is 5.61. The first kappa shape index (κ1) is 13.2. The summed E-state index contributed by atoms with van der Waals surface area (Å²) in [4.78, 5) is 0. The monoisotopic (exact) mass is 267 g/mol. The molecule has 2 aromatic carbocycles. The lowest BCUT2D eigenvalue weighted by Gasteiger charge is -2.17. The molecule has 0 fully saturated rings. The molecule has 0 saturated carbocycles. The summed E-state index contributed by atoms with van der Waals surface area (Å²) in [6, 6.07) is 16.8. The van der Waals surface area contributed by atoms with Crippen LogP contribution in [-0.2, 0) is 19.4 Å². The van der Waals surface area contributed by atoms with Gasteiger partial charge in [0, 0.05) is 12.6 Å². The van der Waals surface area contributed by atoms with E-state index in [1.807, 2.05) is 12.1 Å². The number of aryl methyl sites for hydroxylation is 1. The molecule has 1 aliphatic carbocycles. The van der Waals surface area contributed by atoms with Crippen LogP contribution < -0.4 is 5.32 Å². The molecule has 0 heterocycles. The summed E-state index contributed by atoms with van der Waals surface area (Å²) in [6.45, 7) is 0.916. The zero-order valence-electron chi connectivity index (χ0n) is 11.7. The Morgan fingerprint density at radius 1 is 1.05 bits per heavy atom. The van der Waals surface area contributed by atoms with Gasteiger partial charge in [-0.1, -0.05) is 36.4 Å². The quantitative estimate of drug-likeness (QED) is 0.835. The van der Waals surface area contributed by atoms with Crippen molar-refractivity contribution in [2.75, 3.05) is 0 Å². The van der Waals surface area contributed by atoms with E-state index < -0.39 is 0 Å². The summed E-state index contributed by atoms with van der Waals surface area (Å²) in [5, 5.41) is 13.3. The van der Waals surface area contributed by atoms with E-state index >= 15 is 0 Å². The molecular formula is C18H21NO. The number of benzene rings is 2. The zero-order valence-corrected chi connectivity index (χ0v) is 11.7. The van der Waals surface area contributed by atoms with Crippen LogP contribution in [0.5, 0.6) is 5.75 Å². The van der Waals surface area contributed by atoms with Crippen molar-refractivity contribution in [3.8, 4) is 5.75 Å². The minimum Gasteiger partial charge on any atom is -0.508 e. The number of phenols is 1. The minimum atomic E-state index is 0.382. The maximum Gasteiger partial charge on any atom is 0.115 e. The van der Waals surface area contributed by atoms with Crippen molar-refractivity contribution in [2.45, 2.75) is 38.3 Å². The first-order valence-corrected chi connectivity index (χ1v) is 7.39. The SMILES string of the molecule is Oc1ccc2c(c1)CC(NCc1ccccc1)CCC2. The van der Waals surface area contributed by atoms with E-state index in [4.69, 9.17) is 0 Å². The Morgan fingerprint density at radius 2 is 1.90 bits per heavy atom. The molecule has 1 atom stereocenters. The van der Waals surface area contributed by atoms with Crippen LogP contribution in [0.2, 0.25) is 0 Å². The molecule has 0 aromatic heterocycles. The van der Waals surface area contributed by atoms with E-state index in [0.29, 0.717) is 11.8 Å². The van der Waals surface area contributed by atoms with Crippen LogP contribution >= 0.6 is 0 Å². The molecule has 2 nitrogen and oxygen atoms in total. The Hall–Kier alpha value is -1.80. The lowest BCUT2D eigenvalue weighted by Crippen LogP contribution is -2.30. The van der Waals surface area contributed by atoms with Crippen LogP contribution in [0.4, 0.5) is 0 Å². The number of hydrogen-bond acceptors (Lipinski definition) is 2. The van der Waals surface area contributed by atoms with Gasteiger partial charge in [-0.3, -0.25) is 0 Å². The molecule has 20 heavy (non-hydrogen) atoms. The van der Waals surface area contributed by atoms with Gasteiger partial charge in [-0.2, -0.15) is 0 Å². The third kappa shape index (κ3) is 3.20. The largest absolute Gasteiger partial charge is 0.508 e. The van der Waals surface area contributed by atoms with Crippen LogP contribution in [0.15, 0.2) is 48.5 Å². The molecule has 0 spiro atoms. The molecule has 3 rings (SSSR count). The van der Waals surface area contributed by atoms with E-state index in [-0.39, 0.29) is 0 Å². The van der Waals surface area contributed by atoms with E-state index in [9.17, 15) is 5.11 Å². The molecular weight excluding hydrogens is 246 g/mol. The highest BCUT2D eigenvalue weighted by Crippen LogP contribution is 2.24. The summed E-state index contributed by atoms with van der Waals surface area (Å²) in [6.07, 6.45) is 4.54. The Labute approximate surface area is 120 Å². The number of rotatable bonds is 3. The predicted molar refractivity (Wildman–Crippen MR) is 81.8 cm³/mol. The number of hydrogen-bond donors (Lipinski definition) is 2. The van der Waals surface area contributed by atoms with Gasteiger partial charge in [0.05, 0.1) is 0 Å². The van der Waals surface area contributed by atoms with E-state index in [0.717, 1.165) is 19.4 Å². The Balaban J connectivity index is 1.66. The highest BCUT2D eigenvalue weighted by Gasteiger charge is 2.16. The van der Waals surface area contributed by atoms with E-state index in [1.165, 1.54) is 29.5 Å². The summed E-state index contributed by atoms with van der Waals surface area (Å²) in [5.74, 6) is 0.382. The van der Waals surface area contributed by atoms with Crippen molar-refractivity contribution in [3.05, 3.63) is 65.2 Å². The second kappa shape index (κ2) is 6.10. The van der Waals surface area contributed by atoms with Gasteiger partial charge < -0.3 is 10.4 Å². The molecule has 0 bridgehead atoms. The lowest BCUT2D eigenvalue weighted by atomic mass is 10.0. The van der Waals surface area contributed by atoms with Gasteiger partial charge in [-0.25, -0.2) is 0 Å². The van der Waals surface area contributed by atoms with Gasteiger partial charge in [0.15, 0.2) is 0 Å². The number of nitrogens with one attached hydrogen (secondary N) is 1. The van der Waals surface area contributed by atoms with Crippen molar-refractivity contribution < 1.29 is 5.11 Å². The first-order chi connectivity index (χ1) is 9.81. The number of fused-ring (bicyclic) bond motifs is 1. The second-order valence-corrected chi connectivity index (χ2v) is 5.61. The molecule has 0 aliphatic heterocycles. The highest BCUT2D eigenvalue weighted by molar-refractivity contribution is 5.36. The topological polar surface area (TPSA) is 32.3 Å². The molecule has 1 unspecified atom stereocenters. The number of phenolic OH excluding ortho intramolecular Hbond substituents is 1. The van der Waals surface area contributed by atoms with Gasteiger partial charge in [-0.05, 0) is 54.5 Å². The van der Waals surface area contributed by atoms with Crippen LogP contribution in [0, 0.1) is 0 Å². The third-order valence-corrected chi connectivity index (χ3v) is 4.09. The van der Waals surface area contributed by atoms with Gasteiger partial charge in [-0.15, -0.1) is 0 Å². The maximum atomic E-state index is 9.65. The van der Waals surface area contributed by atoms with Gasteiger partial charge >= 0.3 is 0 Å². The van der Waals surface area contributed by atoms with E-state index in [2.05, 4.69) is 35.6 Å². The average Bonchev–Trinajstić information content (AvgIpc) is 2.67. The maximum absolute atomic E-state index is 9.65. The van der Waals surface area contributed by atoms with Gasteiger partial charge in [0.2, 0.25) is 0 Å². The van der Waals surface area contributed by atoms with Crippen molar-refractivity contribution in [2.24, 2.45) is 0 Å². The van der Waals surface area contributed by atoms with Crippen molar-refractivity contribution >= 4 is 0 Å². The molecule has 1 aliphatic rings. The Kier molecular flexibility index (Phi) is 4.03. The average molecular weight is 267 g/mol. The van der Waals surface area contributed by atoms with Crippen LogP contribution in [0.25, 0.3) is 0 Å². The summed E-state index contributed by atoms with van der Waals surface area (Å²) in [5.41, 5.74) is 4.02. The normalized spacial score (nSPS) is 18.3. The fourth-order valence-electron chi connectivity index (χ4n) is 2.98. The summed E-state index contributed by atoms with van der Waals surface area (Å²) in [7, 11) is 0. The molecule has 0 saturated heterocycles. The van der Waals surface area contributed by atoms with Crippen LogP contribution in [0.1, 0.15) is 29.5 Å². The standard InChI is InChI=1S/C18H21NO/c20-18-10-9-15-7-4-8-17(11-16(15)12-18)19-13-14-5-2-1-3-6-14/h1-3,5-6,9-10,12,17,19-20H,4,7-8,11,13H2. The molecule has 2 heteroatoms. The molecule has 0 amide bonds.